The van der Waals surface area contributed by atoms with Gasteiger partial charge in [-0.05, 0) is 37.5 Å². The predicted octanol–water partition coefficient (Wildman–Crippen LogP) is 2.17. The quantitative estimate of drug-likeness (QED) is 0.765. The molecule has 0 radical (unpaired) electrons. The number of hydrogen-bond donors (Lipinski definition) is 2. The third-order valence-electron chi connectivity index (χ3n) is 5.49. The second-order valence-corrected chi connectivity index (χ2v) is 8.65. The first-order valence-corrected chi connectivity index (χ1v) is 10.4. The number of carbonyl (C=O) groups is 2. The summed E-state index contributed by atoms with van der Waals surface area (Å²) in [7, 11) is 0. The van der Waals surface area contributed by atoms with Crippen LogP contribution >= 0.6 is 0 Å². The van der Waals surface area contributed by atoms with E-state index < -0.39 is 0 Å². The van der Waals surface area contributed by atoms with Crippen molar-refractivity contribution in [1.82, 2.24) is 15.1 Å². The van der Waals surface area contributed by atoms with Crippen molar-refractivity contribution < 1.29 is 14.7 Å². The Labute approximate surface area is 173 Å². The molecule has 2 saturated heterocycles. The fraction of sp³-hybridized carbons (Fsp3) is 0.565. The Balaban J connectivity index is 1.75. The van der Waals surface area contributed by atoms with Gasteiger partial charge in [0.2, 0.25) is 5.91 Å². The van der Waals surface area contributed by atoms with Crippen LogP contribution in [0.3, 0.4) is 0 Å². The van der Waals surface area contributed by atoms with Gasteiger partial charge in [-0.1, -0.05) is 37.8 Å². The summed E-state index contributed by atoms with van der Waals surface area (Å²) in [6, 6.07) is 7.51. The summed E-state index contributed by atoms with van der Waals surface area (Å²) in [5.41, 5.74) is 2.03. The van der Waals surface area contributed by atoms with Crippen molar-refractivity contribution in [3.8, 4) is 11.8 Å². The number of amides is 3. The molecule has 2 aliphatic rings. The molecule has 0 aliphatic carbocycles. The molecule has 0 saturated carbocycles. The van der Waals surface area contributed by atoms with Gasteiger partial charge >= 0.3 is 6.03 Å². The summed E-state index contributed by atoms with van der Waals surface area (Å²) >= 11 is 0. The van der Waals surface area contributed by atoms with Crippen molar-refractivity contribution in [1.29, 1.82) is 0 Å². The van der Waals surface area contributed by atoms with Gasteiger partial charge in [-0.25, -0.2) is 4.79 Å². The van der Waals surface area contributed by atoms with Crippen LogP contribution in [0.25, 0.3) is 0 Å². The topological polar surface area (TPSA) is 72.9 Å². The Morgan fingerprint density at radius 2 is 1.93 bits per heavy atom. The van der Waals surface area contributed by atoms with Gasteiger partial charge in [0, 0.05) is 30.5 Å². The van der Waals surface area contributed by atoms with E-state index in [1.807, 2.05) is 38.1 Å². The van der Waals surface area contributed by atoms with Gasteiger partial charge in [0.25, 0.3) is 0 Å². The standard InChI is InChI=1S/C23H31N3O3/c1-15(2)6-5-7-17-8-10-18(11-9-17)22-19-12-25(23(29)24-16(3)4)13-21(28)26(19)20(22)14-27/h8-11,15-16,19-20,22,27H,6,12-14H2,1-4H3,(H,24,29)/t19-,20-,22-/m0/s1. The van der Waals surface area contributed by atoms with Crippen LogP contribution in [0.4, 0.5) is 4.79 Å². The first-order chi connectivity index (χ1) is 13.8. The third kappa shape index (κ3) is 4.56. The van der Waals surface area contributed by atoms with E-state index in [2.05, 4.69) is 31.0 Å². The smallest absolute Gasteiger partial charge is 0.318 e. The van der Waals surface area contributed by atoms with Gasteiger partial charge < -0.3 is 20.2 Å². The molecule has 3 rings (SSSR count). The minimum Gasteiger partial charge on any atom is -0.394 e. The number of benzene rings is 1. The predicted molar refractivity (Wildman–Crippen MR) is 112 cm³/mol. The molecule has 0 bridgehead atoms. The normalized spacial score (nSPS) is 23.4. The Hall–Kier alpha value is -2.52. The number of urea groups is 1. The summed E-state index contributed by atoms with van der Waals surface area (Å²) in [5, 5.41) is 12.7. The average molecular weight is 398 g/mol. The van der Waals surface area contributed by atoms with E-state index in [-0.39, 0.29) is 49.1 Å². The van der Waals surface area contributed by atoms with E-state index in [0.29, 0.717) is 12.5 Å². The molecule has 29 heavy (non-hydrogen) atoms. The van der Waals surface area contributed by atoms with Crippen molar-refractivity contribution in [2.75, 3.05) is 19.7 Å². The summed E-state index contributed by atoms with van der Waals surface area (Å²) in [6.45, 7) is 8.53. The lowest BCUT2D eigenvalue weighted by atomic mass is 9.73. The summed E-state index contributed by atoms with van der Waals surface area (Å²) in [6.07, 6.45) is 0.865. The molecule has 2 heterocycles. The molecule has 0 unspecified atom stereocenters. The molecule has 2 aliphatic heterocycles. The van der Waals surface area contributed by atoms with Crippen LogP contribution in [0.15, 0.2) is 24.3 Å². The van der Waals surface area contributed by atoms with Crippen molar-refractivity contribution in [2.45, 2.75) is 58.2 Å². The van der Waals surface area contributed by atoms with Crippen LogP contribution in [-0.4, -0.2) is 64.7 Å². The highest BCUT2D eigenvalue weighted by molar-refractivity contribution is 5.87. The van der Waals surface area contributed by atoms with E-state index in [4.69, 9.17) is 0 Å². The zero-order valence-corrected chi connectivity index (χ0v) is 17.7. The molecule has 1 aromatic carbocycles. The van der Waals surface area contributed by atoms with Gasteiger partial charge in [0.15, 0.2) is 0 Å². The van der Waals surface area contributed by atoms with E-state index in [1.54, 1.807) is 9.80 Å². The number of fused-ring (bicyclic) bond motifs is 1. The second kappa shape index (κ2) is 8.87. The Morgan fingerprint density at radius 3 is 2.52 bits per heavy atom. The monoisotopic (exact) mass is 397 g/mol. The Morgan fingerprint density at radius 1 is 1.24 bits per heavy atom. The third-order valence-corrected chi connectivity index (χ3v) is 5.49. The molecule has 1 aromatic rings. The van der Waals surface area contributed by atoms with Crippen LogP contribution in [0.1, 0.15) is 51.2 Å². The number of aliphatic hydroxyl groups excluding tert-OH is 1. The number of rotatable bonds is 4. The fourth-order valence-corrected chi connectivity index (χ4v) is 4.14. The number of aliphatic hydroxyl groups is 1. The lowest BCUT2D eigenvalue weighted by Gasteiger charge is -2.58. The zero-order chi connectivity index (χ0) is 21.1. The highest BCUT2D eigenvalue weighted by atomic mass is 16.3. The molecule has 3 amide bonds. The molecule has 3 atom stereocenters. The van der Waals surface area contributed by atoms with Crippen molar-refractivity contribution in [2.24, 2.45) is 5.92 Å². The average Bonchev–Trinajstić information content (AvgIpc) is 2.63. The molecular weight excluding hydrogens is 366 g/mol. The molecule has 0 aromatic heterocycles. The first kappa shape index (κ1) is 21.2. The molecule has 2 fully saturated rings. The largest absolute Gasteiger partial charge is 0.394 e. The number of carbonyl (C=O) groups excluding carboxylic acids is 2. The molecular formula is C23H31N3O3. The van der Waals surface area contributed by atoms with E-state index in [0.717, 1.165) is 17.5 Å². The van der Waals surface area contributed by atoms with E-state index in [9.17, 15) is 14.7 Å². The summed E-state index contributed by atoms with van der Waals surface area (Å²) in [4.78, 5) is 28.3. The van der Waals surface area contributed by atoms with Crippen LogP contribution in [-0.2, 0) is 4.79 Å². The van der Waals surface area contributed by atoms with Gasteiger partial charge in [-0.2, -0.15) is 0 Å². The van der Waals surface area contributed by atoms with Gasteiger partial charge in [0.1, 0.15) is 6.54 Å². The van der Waals surface area contributed by atoms with E-state index in [1.165, 1.54) is 0 Å². The number of nitrogens with one attached hydrogen (secondary N) is 1. The van der Waals surface area contributed by atoms with E-state index >= 15 is 0 Å². The molecule has 0 spiro atoms. The van der Waals surface area contributed by atoms with Crippen LogP contribution in [0, 0.1) is 17.8 Å². The molecule has 156 valence electrons. The van der Waals surface area contributed by atoms with Gasteiger partial charge in [-0.15, -0.1) is 0 Å². The van der Waals surface area contributed by atoms with Gasteiger partial charge in [0.05, 0.1) is 18.7 Å². The maximum atomic E-state index is 12.6. The number of hydrogen-bond acceptors (Lipinski definition) is 3. The van der Waals surface area contributed by atoms with Crippen LogP contribution in [0.2, 0.25) is 0 Å². The van der Waals surface area contributed by atoms with Crippen LogP contribution in [0.5, 0.6) is 0 Å². The highest BCUT2D eigenvalue weighted by Crippen LogP contribution is 2.42. The Bertz CT molecular complexity index is 807. The van der Waals surface area contributed by atoms with Crippen molar-refractivity contribution in [3.63, 3.8) is 0 Å². The SMILES string of the molecule is CC(C)CC#Cc1ccc([C@@H]2[C@H](CO)N3C(=O)CN(C(=O)NC(C)C)C[C@@H]23)cc1. The number of nitrogens with zero attached hydrogens (tertiary/aromatic N) is 2. The fourth-order valence-electron chi connectivity index (χ4n) is 4.14. The Kier molecular flexibility index (Phi) is 6.49. The van der Waals surface area contributed by atoms with Crippen molar-refractivity contribution in [3.05, 3.63) is 35.4 Å². The lowest BCUT2D eigenvalue weighted by molar-refractivity contribution is -0.159. The van der Waals surface area contributed by atoms with Gasteiger partial charge in [-0.3, -0.25) is 4.79 Å². The lowest BCUT2D eigenvalue weighted by Crippen LogP contribution is -2.74. The number of piperazine rings is 1. The van der Waals surface area contributed by atoms with Crippen LogP contribution < -0.4 is 5.32 Å². The maximum Gasteiger partial charge on any atom is 0.318 e. The molecule has 6 nitrogen and oxygen atoms in total. The molecule has 2 N–H and O–H groups in total. The minimum atomic E-state index is -0.235. The highest BCUT2D eigenvalue weighted by Gasteiger charge is 2.54. The zero-order valence-electron chi connectivity index (χ0n) is 17.7. The minimum absolute atomic E-state index is 0.0104. The molecule has 6 heteroatoms. The maximum absolute atomic E-state index is 12.6. The van der Waals surface area contributed by atoms with Crippen molar-refractivity contribution >= 4 is 11.9 Å². The summed E-state index contributed by atoms with van der Waals surface area (Å²) in [5.74, 6) is 6.82. The summed E-state index contributed by atoms with van der Waals surface area (Å²) < 4.78 is 0. The second-order valence-electron chi connectivity index (χ2n) is 8.65. The first-order valence-electron chi connectivity index (χ1n) is 10.4.